The number of sulfonamides is 1. The van der Waals surface area contributed by atoms with Crippen molar-refractivity contribution in [1.82, 2.24) is 9.97 Å². The molecular weight excluding hydrogens is 334 g/mol. The summed E-state index contributed by atoms with van der Waals surface area (Å²) < 4.78 is 26.7. The Hall–Kier alpha value is -2.85. The average molecular weight is 347 g/mol. The van der Waals surface area contributed by atoms with Crippen LogP contribution in [0.1, 0.15) is 6.42 Å². The number of benzene rings is 1. The molecule has 3 rings (SSSR count). The first kappa shape index (κ1) is 16.0. The van der Waals surface area contributed by atoms with Crippen molar-refractivity contribution < 1.29 is 18.0 Å². The minimum atomic E-state index is -3.88. The van der Waals surface area contributed by atoms with E-state index in [9.17, 15) is 18.0 Å². The molecular formula is C14H13N5O4S. The maximum Gasteiger partial charge on any atom is 0.264 e. The zero-order valence-corrected chi connectivity index (χ0v) is 13.1. The lowest BCUT2D eigenvalue weighted by atomic mass is 10.3. The van der Waals surface area contributed by atoms with Gasteiger partial charge in [-0.2, -0.15) is 0 Å². The van der Waals surface area contributed by atoms with E-state index in [-0.39, 0.29) is 23.0 Å². The molecule has 1 saturated heterocycles. The summed E-state index contributed by atoms with van der Waals surface area (Å²) in [6.07, 6.45) is 2.75. The van der Waals surface area contributed by atoms with Crippen molar-refractivity contribution in [1.29, 1.82) is 0 Å². The topological polar surface area (TPSA) is 135 Å². The highest BCUT2D eigenvalue weighted by molar-refractivity contribution is 7.92. The summed E-state index contributed by atoms with van der Waals surface area (Å²) in [6.45, 7) is 0. The molecule has 2 amide bonds. The molecule has 24 heavy (non-hydrogen) atoms. The van der Waals surface area contributed by atoms with Gasteiger partial charge in [-0.1, -0.05) is 0 Å². The Kier molecular flexibility index (Phi) is 3.99. The Morgan fingerprint density at radius 1 is 1.12 bits per heavy atom. The highest BCUT2D eigenvalue weighted by atomic mass is 32.2. The van der Waals surface area contributed by atoms with Crippen molar-refractivity contribution in [3.05, 3.63) is 42.7 Å². The minimum Gasteiger partial charge on any atom is -0.319 e. The van der Waals surface area contributed by atoms with Gasteiger partial charge in [0, 0.05) is 12.4 Å². The van der Waals surface area contributed by atoms with Crippen molar-refractivity contribution in [3.8, 4) is 0 Å². The summed E-state index contributed by atoms with van der Waals surface area (Å²) in [5.74, 6) is -0.984. The summed E-state index contributed by atoms with van der Waals surface area (Å²) in [6, 6.07) is 6.00. The first-order valence-electron chi connectivity index (χ1n) is 6.91. The van der Waals surface area contributed by atoms with Crippen LogP contribution in [0.15, 0.2) is 47.6 Å². The van der Waals surface area contributed by atoms with Crippen LogP contribution in [0.25, 0.3) is 0 Å². The van der Waals surface area contributed by atoms with Crippen LogP contribution in [0.2, 0.25) is 0 Å². The molecule has 9 nitrogen and oxygen atoms in total. The number of hydrogen-bond acceptors (Lipinski definition) is 7. The van der Waals surface area contributed by atoms with Gasteiger partial charge in [-0.05, 0) is 30.3 Å². The third kappa shape index (κ3) is 2.96. The number of hydrogen-bond donors (Lipinski definition) is 2. The second-order valence-electron chi connectivity index (χ2n) is 5.05. The summed E-state index contributed by atoms with van der Waals surface area (Å²) in [7, 11) is -3.88. The van der Waals surface area contributed by atoms with Crippen molar-refractivity contribution in [2.24, 2.45) is 5.73 Å². The van der Waals surface area contributed by atoms with Crippen molar-refractivity contribution in [2.45, 2.75) is 17.4 Å². The molecule has 1 atom stereocenters. The van der Waals surface area contributed by atoms with E-state index in [0.29, 0.717) is 0 Å². The van der Waals surface area contributed by atoms with E-state index in [0.717, 1.165) is 4.90 Å². The van der Waals surface area contributed by atoms with Crippen LogP contribution in [0.4, 0.5) is 11.6 Å². The maximum atomic E-state index is 12.3. The minimum absolute atomic E-state index is 0.0536. The lowest BCUT2D eigenvalue weighted by Crippen LogP contribution is -2.35. The van der Waals surface area contributed by atoms with Gasteiger partial charge >= 0.3 is 0 Å². The monoisotopic (exact) mass is 347 g/mol. The van der Waals surface area contributed by atoms with Gasteiger partial charge in [0.1, 0.15) is 0 Å². The third-order valence-electron chi connectivity index (χ3n) is 3.38. The highest BCUT2D eigenvalue weighted by Crippen LogP contribution is 2.24. The molecule has 0 saturated carbocycles. The standard InChI is InChI=1S/C14H13N5O4S/c15-11-8-12(20)19(13(11)21)9-2-4-10(5-3-9)24(22,23)18-14-16-6-1-7-17-14/h1-7,11H,8,15H2,(H,16,17,18)/t11-/m0/s1. The fourth-order valence-corrected chi connectivity index (χ4v) is 3.19. The van der Waals surface area contributed by atoms with Crippen molar-refractivity contribution in [2.75, 3.05) is 9.62 Å². The number of aromatic nitrogens is 2. The zero-order chi connectivity index (χ0) is 17.3. The molecule has 1 aromatic heterocycles. The largest absolute Gasteiger partial charge is 0.319 e. The summed E-state index contributed by atoms with van der Waals surface area (Å²) in [5, 5.41) is 0. The first-order valence-corrected chi connectivity index (χ1v) is 8.39. The maximum absolute atomic E-state index is 12.3. The number of imide groups is 1. The smallest absolute Gasteiger partial charge is 0.264 e. The van der Waals surface area contributed by atoms with Crippen LogP contribution in [0.3, 0.4) is 0 Å². The number of nitrogens with two attached hydrogens (primary N) is 1. The zero-order valence-electron chi connectivity index (χ0n) is 12.3. The first-order chi connectivity index (χ1) is 11.4. The molecule has 0 aliphatic carbocycles. The Morgan fingerprint density at radius 3 is 2.29 bits per heavy atom. The van der Waals surface area contributed by atoms with Gasteiger partial charge in [0.2, 0.25) is 11.9 Å². The average Bonchev–Trinajstić information content (AvgIpc) is 2.81. The number of anilines is 2. The van der Waals surface area contributed by atoms with Crippen LogP contribution in [-0.4, -0.2) is 36.2 Å². The van der Waals surface area contributed by atoms with Crippen LogP contribution < -0.4 is 15.4 Å². The van der Waals surface area contributed by atoms with Gasteiger partial charge in [-0.25, -0.2) is 28.0 Å². The molecule has 2 aromatic rings. The van der Waals surface area contributed by atoms with Crippen LogP contribution in [-0.2, 0) is 19.6 Å². The van der Waals surface area contributed by atoms with Gasteiger partial charge in [0.25, 0.3) is 15.9 Å². The van der Waals surface area contributed by atoms with Gasteiger partial charge in [0.05, 0.1) is 23.0 Å². The Bertz CT molecular complexity index is 883. The van der Waals surface area contributed by atoms with E-state index in [1.165, 1.54) is 36.7 Å². The molecule has 0 unspecified atom stereocenters. The molecule has 124 valence electrons. The summed E-state index contributed by atoms with van der Waals surface area (Å²) in [5.41, 5.74) is 5.82. The van der Waals surface area contributed by atoms with Crippen LogP contribution >= 0.6 is 0 Å². The molecule has 1 aliphatic heterocycles. The Labute approximate surface area is 137 Å². The molecule has 10 heteroatoms. The third-order valence-corrected chi connectivity index (χ3v) is 4.72. The fourth-order valence-electron chi connectivity index (χ4n) is 2.23. The SMILES string of the molecule is N[C@H]1CC(=O)N(c2ccc(S(=O)(=O)Nc3ncccn3)cc2)C1=O. The number of amides is 2. The molecule has 3 N–H and O–H groups in total. The molecule has 1 aromatic carbocycles. The van der Waals surface area contributed by atoms with Crippen LogP contribution in [0, 0.1) is 0 Å². The van der Waals surface area contributed by atoms with E-state index in [1.54, 1.807) is 6.07 Å². The molecule has 0 spiro atoms. The van der Waals surface area contributed by atoms with Gasteiger partial charge < -0.3 is 5.73 Å². The second kappa shape index (κ2) is 5.98. The van der Waals surface area contributed by atoms with Gasteiger partial charge in [-0.15, -0.1) is 0 Å². The highest BCUT2D eigenvalue weighted by Gasteiger charge is 2.37. The lowest BCUT2D eigenvalue weighted by Gasteiger charge is -2.14. The van der Waals surface area contributed by atoms with E-state index < -0.39 is 27.9 Å². The number of nitrogens with one attached hydrogen (secondary N) is 1. The van der Waals surface area contributed by atoms with Crippen molar-refractivity contribution in [3.63, 3.8) is 0 Å². The quantitative estimate of drug-likeness (QED) is 0.735. The van der Waals surface area contributed by atoms with E-state index in [1.807, 2.05) is 0 Å². The fraction of sp³-hybridized carbons (Fsp3) is 0.143. The van der Waals surface area contributed by atoms with E-state index in [2.05, 4.69) is 14.7 Å². The van der Waals surface area contributed by atoms with E-state index >= 15 is 0 Å². The lowest BCUT2D eigenvalue weighted by molar-refractivity contribution is -0.121. The summed E-state index contributed by atoms with van der Waals surface area (Å²) >= 11 is 0. The van der Waals surface area contributed by atoms with E-state index in [4.69, 9.17) is 5.73 Å². The molecule has 1 fully saturated rings. The predicted octanol–water partition coefficient (Wildman–Crippen LogP) is -0.132. The van der Waals surface area contributed by atoms with Gasteiger partial charge in [0.15, 0.2) is 0 Å². The second-order valence-corrected chi connectivity index (χ2v) is 6.73. The number of carbonyl (C=O) groups is 2. The number of rotatable bonds is 4. The number of carbonyl (C=O) groups excluding carboxylic acids is 2. The Balaban J connectivity index is 1.84. The molecule has 2 heterocycles. The molecule has 0 radical (unpaired) electrons. The van der Waals surface area contributed by atoms with Crippen molar-refractivity contribution >= 4 is 33.5 Å². The van der Waals surface area contributed by atoms with Gasteiger partial charge in [-0.3, -0.25) is 9.59 Å². The Morgan fingerprint density at radius 2 is 1.75 bits per heavy atom. The van der Waals surface area contributed by atoms with Crippen LogP contribution in [0.5, 0.6) is 0 Å². The molecule has 1 aliphatic rings. The normalized spacial score (nSPS) is 18.0. The number of nitrogens with zero attached hydrogens (tertiary/aromatic N) is 3. The summed E-state index contributed by atoms with van der Waals surface area (Å²) in [4.78, 5) is 32.1. The molecule has 0 bridgehead atoms. The predicted molar refractivity (Wildman–Crippen MR) is 84.4 cm³/mol.